The second kappa shape index (κ2) is 7.22. The van der Waals surface area contributed by atoms with Gasteiger partial charge in [0.05, 0.1) is 17.8 Å². The van der Waals surface area contributed by atoms with Crippen LogP contribution in [0.15, 0.2) is 59.4 Å². The van der Waals surface area contributed by atoms with E-state index in [1.165, 1.54) is 4.90 Å². The lowest BCUT2D eigenvalue weighted by molar-refractivity contribution is 0.124. The molecule has 0 radical (unpaired) electrons. The largest absolute Gasteiger partial charge is 0.465 e. The number of aromatic nitrogens is 3. The Morgan fingerprint density at radius 1 is 1.13 bits per heavy atom. The van der Waals surface area contributed by atoms with Crippen LogP contribution in [0.1, 0.15) is 18.9 Å². The summed E-state index contributed by atoms with van der Waals surface area (Å²) in [7, 11) is 0. The fourth-order valence-corrected chi connectivity index (χ4v) is 3.95. The van der Waals surface area contributed by atoms with Gasteiger partial charge in [-0.2, -0.15) is 5.10 Å². The van der Waals surface area contributed by atoms with Crippen LogP contribution in [-0.2, 0) is 0 Å². The molecule has 0 atom stereocenters. The van der Waals surface area contributed by atoms with E-state index in [9.17, 15) is 4.79 Å². The molecule has 0 saturated carbocycles. The van der Waals surface area contributed by atoms with Crippen molar-refractivity contribution in [3.63, 3.8) is 0 Å². The van der Waals surface area contributed by atoms with Crippen LogP contribution < -0.4 is 5.73 Å². The number of fused-ring (bicyclic) bond motifs is 1. The van der Waals surface area contributed by atoms with E-state index in [1.807, 2.05) is 47.3 Å². The second-order valence-corrected chi connectivity index (χ2v) is 7.52. The van der Waals surface area contributed by atoms with Gasteiger partial charge >= 0.3 is 6.09 Å². The first-order valence-electron chi connectivity index (χ1n) is 9.85. The fourth-order valence-electron chi connectivity index (χ4n) is 3.95. The van der Waals surface area contributed by atoms with Gasteiger partial charge in [-0.05, 0) is 31.0 Å². The summed E-state index contributed by atoms with van der Waals surface area (Å²) >= 11 is 0. The Hall–Kier alpha value is -3.81. The van der Waals surface area contributed by atoms with Crippen molar-refractivity contribution >= 4 is 22.9 Å². The number of piperidine rings is 1. The van der Waals surface area contributed by atoms with E-state index in [-0.39, 0.29) is 6.04 Å². The van der Waals surface area contributed by atoms with E-state index in [0.29, 0.717) is 24.7 Å². The average molecular weight is 403 g/mol. The molecular formula is C22H21N5O3. The topological polar surface area (TPSA) is 110 Å². The molecular weight excluding hydrogens is 382 g/mol. The number of likely N-dealkylation sites (tertiary alicyclic amines) is 1. The third kappa shape index (κ3) is 3.26. The van der Waals surface area contributed by atoms with Crippen LogP contribution in [0.5, 0.6) is 0 Å². The lowest BCUT2D eigenvalue weighted by Crippen LogP contribution is -2.38. The number of para-hydroxylation sites is 1. The number of furan rings is 1. The molecule has 1 fully saturated rings. The van der Waals surface area contributed by atoms with Crippen LogP contribution in [0.25, 0.3) is 33.4 Å². The van der Waals surface area contributed by atoms with Crippen molar-refractivity contribution in [2.45, 2.75) is 18.9 Å². The van der Waals surface area contributed by atoms with Gasteiger partial charge in [-0.3, -0.25) is 4.68 Å². The minimum absolute atomic E-state index is 0.186. The van der Waals surface area contributed by atoms with Crippen LogP contribution in [0.4, 0.5) is 10.6 Å². The summed E-state index contributed by atoms with van der Waals surface area (Å²) in [6.07, 6.45) is 6.15. The van der Waals surface area contributed by atoms with Gasteiger partial charge in [0.1, 0.15) is 17.2 Å². The van der Waals surface area contributed by atoms with Gasteiger partial charge in [0.15, 0.2) is 0 Å². The smallest absolute Gasteiger partial charge is 0.407 e. The van der Waals surface area contributed by atoms with E-state index in [1.54, 1.807) is 12.4 Å². The van der Waals surface area contributed by atoms with Crippen molar-refractivity contribution in [2.24, 2.45) is 0 Å². The lowest BCUT2D eigenvalue weighted by atomic mass is 10.1. The third-order valence-electron chi connectivity index (χ3n) is 5.65. The van der Waals surface area contributed by atoms with Crippen molar-refractivity contribution < 1.29 is 14.3 Å². The summed E-state index contributed by atoms with van der Waals surface area (Å²) in [6.45, 7) is 1.05. The third-order valence-corrected chi connectivity index (χ3v) is 5.65. The SMILES string of the molecule is Nc1ncc(-c2cnn(C3CCN(C(=O)O)CC3)c2)cc1-c1cc2ccccc2o1. The zero-order valence-corrected chi connectivity index (χ0v) is 16.2. The lowest BCUT2D eigenvalue weighted by Gasteiger charge is -2.30. The Morgan fingerprint density at radius 3 is 2.70 bits per heavy atom. The molecule has 0 bridgehead atoms. The number of hydrogen-bond donors (Lipinski definition) is 2. The number of anilines is 1. The standard InChI is InChI=1S/C22H21N5O3/c23-21-18(20-10-14-3-1-2-4-19(14)30-20)9-15(11-24-21)16-12-25-27(13-16)17-5-7-26(8-6-17)22(28)29/h1-4,9-13,17H,5-8H2,(H2,23,24)(H,28,29). The van der Waals surface area contributed by atoms with Gasteiger partial charge in [0, 0.05) is 42.0 Å². The molecule has 4 aromatic rings. The molecule has 1 aliphatic heterocycles. The summed E-state index contributed by atoms with van der Waals surface area (Å²) < 4.78 is 7.88. The monoisotopic (exact) mass is 403 g/mol. The highest BCUT2D eigenvalue weighted by atomic mass is 16.4. The quantitative estimate of drug-likeness (QED) is 0.529. The highest BCUT2D eigenvalue weighted by molar-refractivity contribution is 5.86. The second-order valence-electron chi connectivity index (χ2n) is 7.52. The summed E-state index contributed by atoms with van der Waals surface area (Å²) in [5.41, 5.74) is 9.51. The number of carbonyl (C=O) groups is 1. The van der Waals surface area contributed by atoms with Gasteiger partial charge in [-0.1, -0.05) is 18.2 Å². The number of pyridine rings is 1. The van der Waals surface area contributed by atoms with E-state index in [2.05, 4.69) is 10.1 Å². The molecule has 30 heavy (non-hydrogen) atoms. The number of nitrogen functional groups attached to an aromatic ring is 1. The van der Waals surface area contributed by atoms with Gasteiger partial charge in [-0.25, -0.2) is 9.78 Å². The molecule has 5 rings (SSSR count). The number of nitrogens with two attached hydrogens (primary N) is 1. The predicted octanol–water partition coefficient (Wildman–Crippen LogP) is 4.26. The minimum Gasteiger partial charge on any atom is -0.465 e. The number of benzene rings is 1. The van der Waals surface area contributed by atoms with Crippen LogP contribution in [-0.4, -0.2) is 44.0 Å². The summed E-state index contributed by atoms with van der Waals surface area (Å²) in [4.78, 5) is 16.9. The summed E-state index contributed by atoms with van der Waals surface area (Å²) in [5.74, 6) is 1.09. The molecule has 1 saturated heterocycles. The van der Waals surface area contributed by atoms with Crippen LogP contribution in [0, 0.1) is 0 Å². The predicted molar refractivity (Wildman–Crippen MR) is 113 cm³/mol. The molecule has 3 aromatic heterocycles. The molecule has 1 aliphatic rings. The van der Waals surface area contributed by atoms with Crippen molar-refractivity contribution in [1.29, 1.82) is 0 Å². The molecule has 1 aromatic carbocycles. The maximum absolute atomic E-state index is 11.1. The zero-order chi connectivity index (χ0) is 20.7. The van der Waals surface area contributed by atoms with Gasteiger partial charge < -0.3 is 20.2 Å². The number of carboxylic acid groups (broad SMARTS) is 1. The first-order chi connectivity index (χ1) is 14.6. The van der Waals surface area contributed by atoms with Gasteiger partial charge in [-0.15, -0.1) is 0 Å². The Morgan fingerprint density at radius 2 is 1.93 bits per heavy atom. The molecule has 0 aliphatic carbocycles. The fraction of sp³-hybridized carbons (Fsp3) is 0.227. The molecule has 8 heteroatoms. The molecule has 0 spiro atoms. The summed E-state index contributed by atoms with van der Waals surface area (Å²) in [5, 5.41) is 14.6. The van der Waals surface area contributed by atoms with E-state index < -0.39 is 6.09 Å². The molecule has 0 unspecified atom stereocenters. The molecule has 1 amide bonds. The Bertz CT molecular complexity index is 1190. The van der Waals surface area contributed by atoms with Crippen molar-refractivity contribution in [1.82, 2.24) is 19.7 Å². The van der Waals surface area contributed by atoms with Gasteiger partial charge in [0.2, 0.25) is 0 Å². The van der Waals surface area contributed by atoms with E-state index >= 15 is 0 Å². The zero-order valence-electron chi connectivity index (χ0n) is 16.2. The highest BCUT2D eigenvalue weighted by Crippen LogP contribution is 2.34. The van der Waals surface area contributed by atoms with Crippen LogP contribution >= 0.6 is 0 Å². The maximum Gasteiger partial charge on any atom is 0.407 e. The number of hydrogen-bond acceptors (Lipinski definition) is 5. The van der Waals surface area contributed by atoms with Gasteiger partial charge in [0.25, 0.3) is 0 Å². The normalized spacial score (nSPS) is 15.0. The first kappa shape index (κ1) is 18.2. The van der Waals surface area contributed by atoms with Crippen LogP contribution in [0.2, 0.25) is 0 Å². The maximum atomic E-state index is 11.1. The average Bonchev–Trinajstić information content (AvgIpc) is 3.41. The molecule has 3 N–H and O–H groups in total. The first-order valence-corrected chi connectivity index (χ1v) is 9.85. The van der Waals surface area contributed by atoms with E-state index in [0.717, 1.165) is 40.5 Å². The van der Waals surface area contributed by atoms with E-state index in [4.69, 9.17) is 15.3 Å². The van der Waals surface area contributed by atoms with Crippen molar-refractivity contribution in [3.8, 4) is 22.5 Å². The molecule has 4 heterocycles. The Balaban J connectivity index is 1.42. The Kier molecular flexibility index (Phi) is 4.39. The number of nitrogens with zero attached hydrogens (tertiary/aromatic N) is 4. The van der Waals surface area contributed by atoms with Crippen molar-refractivity contribution in [3.05, 3.63) is 55.0 Å². The molecule has 8 nitrogen and oxygen atoms in total. The Labute approximate surface area is 172 Å². The number of amides is 1. The minimum atomic E-state index is -0.860. The molecule has 152 valence electrons. The summed E-state index contributed by atoms with van der Waals surface area (Å²) in [6, 6.07) is 11.9. The van der Waals surface area contributed by atoms with Crippen LogP contribution in [0.3, 0.4) is 0 Å². The van der Waals surface area contributed by atoms with Crippen molar-refractivity contribution in [2.75, 3.05) is 18.8 Å². The highest BCUT2D eigenvalue weighted by Gasteiger charge is 2.24. The number of rotatable bonds is 3.